The van der Waals surface area contributed by atoms with Gasteiger partial charge >= 0.3 is 0 Å². The minimum atomic E-state index is -0.356. The van der Waals surface area contributed by atoms with Gasteiger partial charge in [0.25, 0.3) is 0 Å². The first kappa shape index (κ1) is 12.5. The van der Waals surface area contributed by atoms with Crippen molar-refractivity contribution < 1.29 is 4.79 Å². The van der Waals surface area contributed by atoms with Crippen LogP contribution in [0.25, 0.3) is 6.08 Å². The summed E-state index contributed by atoms with van der Waals surface area (Å²) in [6.45, 7) is 5.88. The molecule has 0 aromatic heterocycles. The van der Waals surface area contributed by atoms with Gasteiger partial charge in [-0.25, -0.2) is 0 Å². The van der Waals surface area contributed by atoms with Crippen LogP contribution < -0.4 is 0 Å². The predicted octanol–water partition coefficient (Wildman–Crippen LogP) is 4.23. The Morgan fingerprint density at radius 2 is 2.05 bits per heavy atom. The third-order valence-corrected chi connectivity index (χ3v) is 5.51. The Morgan fingerprint density at radius 1 is 1.32 bits per heavy atom. The second-order valence-electron chi connectivity index (χ2n) is 5.09. The summed E-state index contributed by atoms with van der Waals surface area (Å²) >= 11 is 1.69. The largest absolute Gasteiger partial charge is 0.293 e. The second-order valence-corrected chi connectivity index (χ2v) is 6.46. The molecule has 1 heterocycles. The van der Waals surface area contributed by atoms with Crippen molar-refractivity contribution >= 4 is 23.6 Å². The van der Waals surface area contributed by atoms with Crippen molar-refractivity contribution in [3.05, 3.63) is 65.6 Å². The van der Waals surface area contributed by atoms with Crippen LogP contribution in [0, 0.1) is 5.41 Å². The fourth-order valence-corrected chi connectivity index (χ4v) is 4.60. The molecule has 2 fully saturated rings. The molecule has 0 N–H and O–H groups in total. The molecule has 19 heavy (non-hydrogen) atoms. The van der Waals surface area contributed by atoms with Gasteiger partial charge in [-0.05, 0) is 25.0 Å². The molecule has 1 saturated carbocycles. The molecule has 0 bridgehead atoms. The number of carbonyl (C=O) groups excluding carboxylic acids is 1. The fourth-order valence-electron chi connectivity index (χ4n) is 2.88. The maximum absolute atomic E-state index is 12.6. The van der Waals surface area contributed by atoms with E-state index in [0.717, 1.165) is 16.9 Å². The van der Waals surface area contributed by atoms with Gasteiger partial charge in [0.05, 0.1) is 15.1 Å². The van der Waals surface area contributed by atoms with Crippen LogP contribution in [0.3, 0.4) is 0 Å². The number of fused-ring (bicyclic) bond motifs is 1. The zero-order valence-corrected chi connectivity index (χ0v) is 11.7. The molecule has 2 heteroatoms. The second kappa shape index (κ2) is 4.24. The van der Waals surface area contributed by atoms with Crippen molar-refractivity contribution in [1.82, 2.24) is 0 Å². The Bertz CT molecular complexity index is 599. The van der Waals surface area contributed by atoms with Gasteiger partial charge in [0, 0.05) is 0 Å². The minimum absolute atomic E-state index is 0.0683. The number of hydrogen-bond donors (Lipinski definition) is 0. The van der Waals surface area contributed by atoms with E-state index in [4.69, 9.17) is 0 Å². The van der Waals surface area contributed by atoms with Gasteiger partial charge in [0.1, 0.15) is 0 Å². The quantitative estimate of drug-likeness (QED) is 0.602. The van der Waals surface area contributed by atoms with Crippen molar-refractivity contribution in [2.45, 2.75) is 18.1 Å². The lowest BCUT2D eigenvalue weighted by molar-refractivity contribution is -0.117. The average molecular weight is 268 g/mol. The number of thioether (sulfide) groups is 1. The van der Waals surface area contributed by atoms with Gasteiger partial charge in [0.2, 0.25) is 0 Å². The van der Waals surface area contributed by atoms with Crippen LogP contribution in [0.4, 0.5) is 0 Å². The lowest BCUT2D eigenvalue weighted by Gasteiger charge is -2.05. The molecule has 1 saturated heterocycles. The van der Waals surface area contributed by atoms with Crippen molar-refractivity contribution in [3.63, 3.8) is 0 Å². The highest BCUT2D eigenvalue weighted by Gasteiger charge is 2.74. The first-order chi connectivity index (χ1) is 9.17. The number of allylic oxidation sites excluding steroid dienone is 3. The lowest BCUT2D eigenvalue weighted by Crippen LogP contribution is -2.14. The topological polar surface area (TPSA) is 17.1 Å². The number of Topliss-reactive ketones (excluding diaryl/α,β-unsaturated/α-hetero) is 1. The van der Waals surface area contributed by atoms with Gasteiger partial charge in [0.15, 0.2) is 5.78 Å². The summed E-state index contributed by atoms with van der Waals surface area (Å²) in [6, 6.07) is 10.0. The summed E-state index contributed by atoms with van der Waals surface area (Å²) < 4.78 is -0.0683. The zero-order chi connectivity index (χ0) is 13.5. The van der Waals surface area contributed by atoms with Gasteiger partial charge < -0.3 is 0 Å². The smallest absolute Gasteiger partial charge is 0.180 e. The van der Waals surface area contributed by atoms with E-state index in [9.17, 15) is 4.79 Å². The monoisotopic (exact) mass is 268 g/mol. The molecule has 1 nitrogen and oxygen atoms in total. The maximum atomic E-state index is 12.6. The predicted molar refractivity (Wildman–Crippen MR) is 81.8 cm³/mol. The number of hydrogen-bond acceptors (Lipinski definition) is 2. The lowest BCUT2D eigenvalue weighted by atomic mass is 9.96. The highest BCUT2D eigenvalue weighted by atomic mass is 32.2. The summed E-state index contributed by atoms with van der Waals surface area (Å²) in [7, 11) is 0. The summed E-state index contributed by atoms with van der Waals surface area (Å²) in [5.74, 6) is 0.231. The van der Waals surface area contributed by atoms with Crippen LogP contribution in [0.1, 0.15) is 18.9 Å². The molecule has 0 radical (unpaired) electrons. The zero-order valence-electron chi connectivity index (χ0n) is 10.9. The highest BCUT2D eigenvalue weighted by molar-refractivity contribution is 8.06. The molecule has 1 aliphatic carbocycles. The molecule has 2 aliphatic rings. The van der Waals surface area contributed by atoms with E-state index < -0.39 is 0 Å². The number of benzene rings is 1. The van der Waals surface area contributed by atoms with Crippen LogP contribution in [0.2, 0.25) is 0 Å². The van der Waals surface area contributed by atoms with Crippen molar-refractivity contribution in [2.75, 3.05) is 0 Å². The first-order valence-corrected chi connectivity index (χ1v) is 7.27. The Labute approximate surface area is 118 Å². The summed E-state index contributed by atoms with van der Waals surface area (Å²) in [5, 5.41) is 0. The van der Waals surface area contributed by atoms with Gasteiger partial charge in [-0.3, -0.25) is 4.79 Å². The van der Waals surface area contributed by atoms with Crippen LogP contribution in [0.5, 0.6) is 0 Å². The van der Waals surface area contributed by atoms with E-state index in [1.807, 2.05) is 55.5 Å². The van der Waals surface area contributed by atoms with E-state index >= 15 is 0 Å². The number of carbonyl (C=O) groups is 1. The summed E-state index contributed by atoms with van der Waals surface area (Å²) in [6.07, 6.45) is 8.92. The molecule has 1 aliphatic heterocycles. The fraction of sp³-hybridized carbons (Fsp3) is 0.235. The van der Waals surface area contributed by atoms with Crippen molar-refractivity contribution in [2.24, 2.45) is 5.41 Å². The summed E-state index contributed by atoms with van der Waals surface area (Å²) in [5.41, 5.74) is 0.722. The standard InChI is InChI=1S/C17H16OS/c1-3-10-17-12-16(17,4-2)15(18)14(19-17)11-13-8-6-5-7-9-13/h3-11H,2,12H2,1H3/b10-3-,14-11-. The summed E-state index contributed by atoms with van der Waals surface area (Å²) in [4.78, 5) is 13.4. The van der Waals surface area contributed by atoms with Gasteiger partial charge in [-0.15, -0.1) is 18.3 Å². The van der Waals surface area contributed by atoms with Crippen LogP contribution in [0.15, 0.2) is 60.0 Å². The third kappa shape index (κ3) is 1.67. The number of rotatable bonds is 3. The van der Waals surface area contributed by atoms with Gasteiger partial charge in [-0.1, -0.05) is 48.6 Å². The van der Waals surface area contributed by atoms with Gasteiger partial charge in [-0.2, -0.15) is 0 Å². The minimum Gasteiger partial charge on any atom is -0.293 e. The molecule has 3 rings (SSSR count). The Hall–Kier alpha value is -1.54. The molecule has 2 unspecified atom stereocenters. The van der Waals surface area contributed by atoms with Crippen molar-refractivity contribution in [3.8, 4) is 0 Å². The average Bonchev–Trinajstić information content (AvgIpc) is 3.01. The molecule has 0 amide bonds. The number of ketones is 1. The molecule has 0 spiro atoms. The highest BCUT2D eigenvalue weighted by Crippen LogP contribution is 2.74. The van der Waals surface area contributed by atoms with Crippen LogP contribution >= 0.6 is 11.8 Å². The Kier molecular flexibility index (Phi) is 2.79. The molecule has 1 aromatic carbocycles. The van der Waals surface area contributed by atoms with E-state index in [1.54, 1.807) is 11.8 Å². The van der Waals surface area contributed by atoms with Crippen molar-refractivity contribution in [1.29, 1.82) is 0 Å². The molecule has 96 valence electrons. The maximum Gasteiger partial charge on any atom is 0.180 e. The van der Waals surface area contributed by atoms with E-state index in [2.05, 4.69) is 12.7 Å². The molecule has 2 atom stereocenters. The van der Waals surface area contributed by atoms with E-state index in [1.165, 1.54) is 0 Å². The van der Waals surface area contributed by atoms with E-state index in [-0.39, 0.29) is 15.9 Å². The van der Waals surface area contributed by atoms with E-state index in [0.29, 0.717) is 0 Å². The van der Waals surface area contributed by atoms with Crippen LogP contribution in [-0.2, 0) is 4.79 Å². The molecular weight excluding hydrogens is 252 g/mol. The first-order valence-electron chi connectivity index (χ1n) is 6.45. The SMILES string of the molecule is C=CC12CC1(/C=C\C)S/C(=C\c1ccccc1)C2=O. The normalized spacial score (nSPS) is 34.8. The third-order valence-electron chi connectivity index (χ3n) is 3.97. The Balaban J connectivity index is 1.98. The molecular formula is C17H16OS. The van der Waals surface area contributed by atoms with Crippen LogP contribution in [-0.4, -0.2) is 10.5 Å². The Morgan fingerprint density at radius 3 is 2.68 bits per heavy atom. The molecule has 1 aromatic rings.